The Labute approximate surface area is 133 Å². The summed E-state index contributed by atoms with van der Waals surface area (Å²) in [7, 11) is 0. The van der Waals surface area contributed by atoms with Crippen molar-refractivity contribution in [2.45, 2.75) is 20.0 Å². The molecule has 2 rings (SSSR count). The minimum absolute atomic E-state index is 0.159. The van der Waals surface area contributed by atoms with Crippen molar-refractivity contribution in [2.75, 3.05) is 11.9 Å². The predicted molar refractivity (Wildman–Crippen MR) is 83.8 cm³/mol. The first-order valence-electron chi connectivity index (χ1n) is 6.57. The van der Waals surface area contributed by atoms with Gasteiger partial charge >= 0.3 is 0 Å². The topological polar surface area (TPSA) is 34.1 Å². The zero-order chi connectivity index (χ0) is 15.2. The lowest BCUT2D eigenvalue weighted by molar-refractivity contribution is 0.301. The molecule has 0 saturated carbocycles. The molecule has 0 radical (unpaired) electrons. The third-order valence-electron chi connectivity index (χ3n) is 2.73. The molecule has 0 fully saturated rings. The van der Waals surface area contributed by atoms with Crippen molar-refractivity contribution in [1.82, 2.24) is 4.98 Å². The highest BCUT2D eigenvalue weighted by Crippen LogP contribution is 2.26. The summed E-state index contributed by atoms with van der Waals surface area (Å²) in [5.41, 5.74) is 0.596. The van der Waals surface area contributed by atoms with E-state index in [0.717, 1.165) is 18.8 Å². The Morgan fingerprint density at radius 2 is 2.00 bits per heavy atom. The number of aromatic nitrogens is 1. The lowest BCUT2D eigenvalue weighted by atomic mass is 10.3. The molecule has 0 aliphatic rings. The van der Waals surface area contributed by atoms with Crippen LogP contribution >= 0.6 is 23.2 Å². The molecule has 1 aromatic heterocycles. The smallest absolute Gasteiger partial charge is 0.138 e. The van der Waals surface area contributed by atoms with E-state index in [0.29, 0.717) is 16.5 Å². The van der Waals surface area contributed by atoms with Crippen LogP contribution in [-0.4, -0.2) is 11.5 Å². The second kappa shape index (κ2) is 7.48. The summed E-state index contributed by atoms with van der Waals surface area (Å²) in [6, 6.07) is 7.54. The number of hydrogen-bond acceptors (Lipinski definition) is 3. The Morgan fingerprint density at radius 1 is 1.19 bits per heavy atom. The summed E-state index contributed by atoms with van der Waals surface area (Å²) in [5.74, 6) is 0.724. The molecule has 6 heteroatoms. The van der Waals surface area contributed by atoms with Crippen LogP contribution in [0.3, 0.4) is 0 Å². The molecule has 0 atom stereocenters. The number of anilines is 1. The van der Waals surface area contributed by atoms with Crippen molar-refractivity contribution in [3.05, 3.63) is 51.9 Å². The first-order chi connectivity index (χ1) is 10.1. The van der Waals surface area contributed by atoms with E-state index in [4.69, 9.17) is 27.9 Å². The van der Waals surface area contributed by atoms with Crippen molar-refractivity contribution >= 4 is 29.0 Å². The first kappa shape index (κ1) is 15.9. The molecule has 1 heterocycles. The fraction of sp³-hybridized carbons (Fsp3) is 0.267. The summed E-state index contributed by atoms with van der Waals surface area (Å²) in [5, 5.41) is 3.90. The van der Waals surface area contributed by atoms with Crippen molar-refractivity contribution in [2.24, 2.45) is 0 Å². The Kier molecular flexibility index (Phi) is 5.65. The van der Waals surface area contributed by atoms with Crippen molar-refractivity contribution < 1.29 is 9.13 Å². The molecule has 112 valence electrons. The minimum atomic E-state index is -0.408. The lowest BCUT2D eigenvalue weighted by Crippen LogP contribution is -2.05. The average Bonchev–Trinajstić information content (AvgIpc) is 2.46. The van der Waals surface area contributed by atoms with Crippen LogP contribution in [0.5, 0.6) is 5.75 Å². The fourth-order valence-corrected chi connectivity index (χ4v) is 2.06. The second-order valence-electron chi connectivity index (χ2n) is 4.42. The van der Waals surface area contributed by atoms with Crippen LogP contribution in [0.2, 0.25) is 10.0 Å². The maximum Gasteiger partial charge on any atom is 0.138 e. The molecule has 0 saturated heterocycles. The molecule has 1 N–H and O–H groups in total. The summed E-state index contributed by atoms with van der Waals surface area (Å²) in [6.45, 7) is 3.06. The largest absolute Gasteiger partial charge is 0.486 e. The number of halogens is 3. The van der Waals surface area contributed by atoms with Crippen LogP contribution in [0, 0.1) is 5.82 Å². The highest BCUT2D eigenvalue weighted by atomic mass is 35.5. The van der Waals surface area contributed by atoms with E-state index >= 15 is 0 Å². The van der Waals surface area contributed by atoms with Gasteiger partial charge in [0.2, 0.25) is 0 Å². The van der Waals surface area contributed by atoms with E-state index < -0.39 is 5.82 Å². The molecular formula is C15H15Cl2FN2O. The molecule has 21 heavy (non-hydrogen) atoms. The molecule has 0 bridgehead atoms. The second-order valence-corrected chi connectivity index (χ2v) is 5.23. The number of hydrogen-bond donors (Lipinski definition) is 1. The molecule has 2 aromatic rings. The van der Waals surface area contributed by atoms with E-state index in [1.165, 1.54) is 18.2 Å². The Balaban J connectivity index is 2.08. The number of ether oxygens (including phenoxy) is 1. The lowest BCUT2D eigenvalue weighted by Gasteiger charge is -2.11. The van der Waals surface area contributed by atoms with Gasteiger partial charge in [-0.05, 0) is 36.8 Å². The van der Waals surface area contributed by atoms with Crippen LogP contribution in [0.4, 0.5) is 10.2 Å². The van der Waals surface area contributed by atoms with Crippen LogP contribution in [0.25, 0.3) is 0 Å². The molecular weight excluding hydrogens is 314 g/mol. The summed E-state index contributed by atoms with van der Waals surface area (Å²) in [6.07, 6.45) is 1.00. The van der Waals surface area contributed by atoms with Crippen LogP contribution in [0.1, 0.15) is 19.0 Å². The van der Waals surface area contributed by atoms with Gasteiger partial charge in [-0.3, -0.25) is 0 Å². The summed E-state index contributed by atoms with van der Waals surface area (Å²) >= 11 is 12.0. The van der Waals surface area contributed by atoms with Gasteiger partial charge < -0.3 is 10.1 Å². The molecule has 0 aliphatic heterocycles. The third-order valence-corrected chi connectivity index (χ3v) is 3.37. The first-order valence-corrected chi connectivity index (χ1v) is 7.33. The van der Waals surface area contributed by atoms with Gasteiger partial charge in [0.1, 0.15) is 24.0 Å². The maximum absolute atomic E-state index is 13.0. The van der Waals surface area contributed by atoms with Crippen LogP contribution in [-0.2, 0) is 6.61 Å². The van der Waals surface area contributed by atoms with Gasteiger partial charge in [0, 0.05) is 6.54 Å². The quantitative estimate of drug-likeness (QED) is 0.816. The van der Waals surface area contributed by atoms with E-state index in [2.05, 4.69) is 17.2 Å². The van der Waals surface area contributed by atoms with Crippen molar-refractivity contribution in [3.63, 3.8) is 0 Å². The molecule has 0 amide bonds. The van der Waals surface area contributed by atoms with Gasteiger partial charge in [-0.2, -0.15) is 0 Å². The fourth-order valence-electron chi connectivity index (χ4n) is 1.68. The summed E-state index contributed by atoms with van der Waals surface area (Å²) in [4.78, 5) is 4.39. The number of nitrogens with zero attached hydrogens (tertiary/aromatic N) is 1. The standard InChI is InChI=1S/C15H15Cl2FN2O/c1-2-7-19-15-6-4-11(16)13(20-15)9-21-14-5-3-10(18)8-12(14)17/h3-6,8H,2,7,9H2,1H3,(H,19,20). The normalized spacial score (nSPS) is 10.5. The van der Waals surface area contributed by atoms with Crippen LogP contribution < -0.4 is 10.1 Å². The SMILES string of the molecule is CCCNc1ccc(Cl)c(COc2ccc(F)cc2Cl)n1. The maximum atomic E-state index is 13.0. The number of nitrogens with one attached hydrogen (secondary N) is 1. The van der Waals surface area contributed by atoms with E-state index in [1.54, 1.807) is 6.07 Å². The Morgan fingerprint density at radius 3 is 2.71 bits per heavy atom. The number of benzene rings is 1. The van der Waals surface area contributed by atoms with Gasteiger partial charge in [-0.1, -0.05) is 30.1 Å². The van der Waals surface area contributed by atoms with Gasteiger partial charge in [0.25, 0.3) is 0 Å². The van der Waals surface area contributed by atoms with E-state index in [9.17, 15) is 4.39 Å². The van der Waals surface area contributed by atoms with Gasteiger partial charge in [-0.15, -0.1) is 0 Å². The monoisotopic (exact) mass is 328 g/mol. The number of pyridine rings is 1. The number of rotatable bonds is 6. The Bertz CT molecular complexity index is 623. The van der Waals surface area contributed by atoms with Gasteiger partial charge in [0.15, 0.2) is 0 Å². The molecule has 0 unspecified atom stereocenters. The average molecular weight is 329 g/mol. The minimum Gasteiger partial charge on any atom is -0.486 e. The van der Waals surface area contributed by atoms with E-state index in [-0.39, 0.29) is 11.6 Å². The summed E-state index contributed by atoms with van der Waals surface area (Å²) < 4.78 is 18.5. The molecule has 0 aliphatic carbocycles. The van der Waals surface area contributed by atoms with Gasteiger partial charge in [-0.25, -0.2) is 9.37 Å². The highest BCUT2D eigenvalue weighted by molar-refractivity contribution is 6.32. The third kappa shape index (κ3) is 4.48. The van der Waals surface area contributed by atoms with Crippen molar-refractivity contribution in [1.29, 1.82) is 0 Å². The molecule has 0 spiro atoms. The van der Waals surface area contributed by atoms with E-state index in [1.807, 2.05) is 6.07 Å². The zero-order valence-electron chi connectivity index (χ0n) is 11.5. The van der Waals surface area contributed by atoms with Gasteiger partial charge in [0.05, 0.1) is 15.7 Å². The highest BCUT2D eigenvalue weighted by Gasteiger charge is 2.08. The molecule has 1 aromatic carbocycles. The molecule has 3 nitrogen and oxygen atoms in total. The van der Waals surface area contributed by atoms with Crippen molar-refractivity contribution in [3.8, 4) is 5.75 Å². The van der Waals surface area contributed by atoms with Crippen LogP contribution in [0.15, 0.2) is 30.3 Å². The Hall–Kier alpha value is -1.52. The predicted octanol–water partition coefficient (Wildman–Crippen LogP) is 4.93. The zero-order valence-corrected chi connectivity index (χ0v) is 13.0.